The minimum atomic E-state index is 0.447. The highest BCUT2D eigenvalue weighted by molar-refractivity contribution is 6.12. The Kier molecular flexibility index (Phi) is 2.77. The molecule has 44 valence electrons. The van der Waals surface area contributed by atoms with Crippen LogP contribution in [-0.2, 0) is 0 Å². The first kappa shape index (κ1) is 7.08. The first-order chi connectivity index (χ1) is 3.72. The van der Waals surface area contributed by atoms with Crippen molar-refractivity contribution >= 4 is 11.9 Å². The summed E-state index contributed by atoms with van der Waals surface area (Å²) in [4.78, 5) is 0. The van der Waals surface area contributed by atoms with Gasteiger partial charge in [0.2, 0.25) is 0 Å². The molecule has 0 saturated heterocycles. The summed E-state index contributed by atoms with van der Waals surface area (Å²) in [5.41, 5.74) is 1.13. The predicted molar refractivity (Wildman–Crippen MR) is 35.9 cm³/mol. The van der Waals surface area contributed by atoms with Crippen LogP contribution in [0.2, 0.25) is 0 Å². The Morgan fingerprint density at radius 2 is 2.00 bits per heavy atom. The second kappa shape index (κ2) is 3.13. The third-order valence-electron chi connectivity index (χ3n) is 0.900. The van der Waals surface area contributed by atoms with Crippen LogP contribution in [0.1, 0.15) is 13.8 Å². The average molecular weight is 110 g/mol. The van der Waals surface area contributed by atoms with Gasteiger partial charge in [-0.3, -0.25) is 0 Å². The van der Waals surface area contributed by atoms with Crippen LogP contribution in [0.4, 0.5) is 0 Å². The minimum Gasteiger partial charge on any atom is -0.308 e. The maximum Gasteiger partial charge on any atom is 0.0367 e. The maximum absolute atomic E-state index is 7.03. The lowest BCUT2D eigenvalue weighted by Crippen LogP contribution is -1.94. The van der Waals surface area contributed by atoms with Crippen molar-refractivity contribution in [2.75, 3.05) is 0 Å². The molecule has 0 aliphatic rings. The Labute approximate surface area is 49.2 Å². The van der Waals surface area contributed by atoms with Gasteiger partial charge in [0, 0.05) is 17.5 Å². The van der Waals surface area contributed by atoms with Gasteiger partial charge in [0.05, 0.1) is 0 Å². The molecule has 2 nitrogen and oxygen atoms in total. The van der Waals surface area contributed by atoms with Gasteiger partial charge in [0.25, 0.3) is 0 Å². The Bertz CT molecular complexity index is 133. The Balaban J connectivity index is 4.13. The van der Waals surface area contributed by atoms with Crippen molar-refractivity contribution in [2.24, 2.45) is 0 Å². The van der Waals surface area contributed by atoms with E-state index in [1.54, 1.807) is 13.0 Å². The fourth-order valence-corrected chi connectivity index (χ4v) is 0.408. The van der Waals surface area contributed by atoms with Crippen LogP contribution in [0.25, 0.3) is 0 Å². The zero-order valence-electron chi connectivity index (χ0n) is 5.15. The minimum absolute atomic E-state index is 0.447. The maximum atomic E-state index is 7.03. The van der Waals surface area contributed by atoms with Gasteiger partial charge >= 0.3 is 0 Å². The summed E-state index contributed by atoms with van der Waals surface area (Å²) < 4.78 is 0. The van der Waals surface area contributed by atoms with Gasteiger partial charge in [-0.25, -0.2) is 0 Å². The molecule has 0 amide bonds. The molecule has 0 bridgehead atoms. The molecule has 0 spiro atoms. The smallest absolute Gasteiger partial charge is 0.0367 e. The molecule has 0 aliphatic carbocycles. The standard InChI is InChI=1S/C6H10N2/c1-3-6(4-7)5(2)8/h3-4,7-8H,1-2H3. The third kappa shape index (κ3) is 1.69. The quantitative estimate of drug-likeness (QED) is 0.507. The van der Waals surface area contributed by atoms with Gasteiger partial charge < -0.3 is 10.8 Å². The van der Waals surface area contributed by atoms with Crippen molar-refractivity contribution in [3.05, 3.63) is 11.6 Å². The summed E-state index contributed by atoms with van der Waals surface area (Å²) in [6.45, 7) is 3.48. The zero-order chi connectivity index (χ0) is 6.57. The predicted octanol–water partition coefficient (Wildman–Crippen LogP) is 1.62. The van der Waals surface area contributed by atoms with Crippen molar-refractivity contribution in [1.82, 2.24) is 0 Å². The van der Waals surface area contributed by atoms with Crippen LogP contribution in [-0.4, -0.2) is 11.9 Å². The van der Waals surface area contributed by atoms with Crippen LogP contribution >= 0.6 is 0 Å². The van der Waals surface area contributed by atoms with Crippen LogP contribution < -0.4 is 0 Å². The molecule has 0 heterocycles. The first-order valence-corrected chi connectivity index (χ1v) is 2.44. The molecule has 0 radical (unpaired) electrons. The number of allylic oxidation sites excluding steroid dienone is 2. The lowest BCUT2D eigenvalue weighted by Gasteiger charge is -1.90. The number of nitrogens with one attached hydrogen (secondary N) is 2. The van der Waals surface area contributed by atoms with Gasteiger partial charge in [0.1, 0.15) is 0 Å². The van der Waals surface area contributed by atoms with E-state index < -0.39 is 0 Å². The summed E-state index contributed by atoms with van der Waals surface area (Å²) in [5.74, 6) is 0. The molecule has 0 aromatic rings. The Hall–Kier alpha value is -0.920. The number of hydrogen-bond donors (Lipinski definition) is 2. The van der Waals surface area contributed by atoms with Crippen molar-refractivity contribution in [3.63, 3.8) is 0 Å². The second-order valence-electron chi connectivity index (χ2n) is 1.51. The van der Waals surface area contributed by atoms with E-state index in [1.807, 2.05) is 6.92 Å². The summed E-state index contributed by atoms with van der Waals surface area (Å²) in [7, 11) is 0. The topological polar surface area (TPSA) is 47.7 Å². The molecule has 2 heteroatoms. The van der Waals surface area contributed by atoms with E-state index in [1.165, 1.54) is 6.21 Å². The third-order valence-corrected chi connectivity index (χ3v) is 0.900. The van der Waals surface area contributed by atoms with E-state index in [9.17, 15) is 0 Å². The molecule has 0 aromatic heterocycles. The lowest BCUT2D eigenvalue weighted by atomic mass is 10.2. The molecule has 0 unspecified atom stereocenters. The summed E-state index contributed by atoms with van der Waals surface area (Å²) >= 11 is 0. The molecule has 0 atom stereocenters. The average Bonchev–Trinajstić information content (AvgIpc) is 1.69. The summed E-state index contributed by atoms with van der Waals surface area (Å²) in [6, 6.07) is 0. The van der Waals surface area contributed by atoms with Crippen LogP contribution in [0.15, 0.2) is 11.6 Å². The molecule has 0 saturated carbocycles. The zero-order valence-corrected chi connectivity index (χ0v) is 5.15. The molecule has 0 rings (SSSR count). The monoisotopic (exact) mass is 110 g/mol. The van der Waals surface area contributed by atoms with E-state index in [0.29, 0.717) is 11.3 Å². The van der Waals surface area contributed by atoms with E-state index in [2.05, 4.69) is 0 Å². The Morgan fingerprint density at radius 3 is 2.00 bits per heavy atom. The Morgan fingerprint density at radius 1 is 1.50 bits per heavy atom. The van der Waals surface area contributed by atoms with Crippen LogP contribution in [0.5, 0.6) is 0 Å². The van der Waals surface area contributed by atoms with E-state index in [4.69, 9.17) is 10.8 Å². The molecule has 0 fully saturated rings. The van der Waals surface area contributed by atoms with Crippen LogP contribution in [0, 0.1) is 10.8 Å². The van der Waals surface area contributed by atoms with Gasteiger partial charge in [0.15, 0.2) is 0 Å². The normalized spacial score (nSPS) is 11.0. The first-order valence-electron chi connectivity index (χ1n) is 2.44. The fourth-order valence-electron chi connectivity index (χ4n) is 0.408. The van der Waals surface area contributed by atoms with Gasteiger partial charge in [-0.2, -0.15) is 0 Å². The van der Waals surface area contributed by atoms with Crippen molar-refractivity contribution in [1.29, 1.82) is 10.8 Å². The summed E-state index contributed by atoms with van der Waals surface area (Å²) in [5, 5.41) is 13.8. The van der Waals surface area contributed by atoms with Crippen LogP contribution in [0.3, 0.4) is 0 Å². The highest BCUT2D eigenvalue weighted by Crippen LogP contribution is 1.89. The number of rotatable bonds is 2. The van der Waals surface area contributed by atoms with E-state index in [-0.39, 0.29) is 0 Å². The van der Waals surface area contributed by atoms with Crippen molar-refractivity contribution in [3.8, 4) is 0 Å². The molecule has 8 heavy (non-hydrogen) atoms. The largest absolute Gasteiger partial charge is 0.308 e. The molecule has 0 aromatic carbocycles. The molecule has 2 N–H and O–H groups in total. The molecular weight excluding hydrogens is 100 g/mol. The second-order valence-corrected chi connectivity index (χ2v) is 1.51. The van der Waals surface area contributed by atoms with Crippen molar-refractivity contribution in [2.45, 2.75) is 13.8 Å². The lowest BCUT2D eigenvalue weighted by molar-refractivity contribution is 1.46. The van der Waals surface area contributed by atoms with Gasteiger partial charge in [-0.1, -0.05) is 6.08 Å². The fraction of sp³-hybridized carbons (Fsp3) is 0.333. The highest BCUT2D eigenvalue weighted by Gasteiger charge is 1.89. The highest BCUT2D eigenvalue weighted by atomic mass is 14.4. The molecule has 0 aliphatic heterocycles. The van der Waals surface area contributed by atoms with Crippen molar-refractivity contribution < 1.29 is 0 Å². The number of hydrogen-bond acceptors (Lipinski definition) is 2. The van der Waals surface area contributed by atoms with E-state index in [0.717, 1.165) is 0 Å². The summed E-state index contributed by atoms with van der Waals surface area (Å²) in [6.07, 6.45) is 2.93. The van der Waals surface area contributed by atoms with Gasteiger partial charge in [-0.05, 0) is 13.8 Å². The van der Waals surface area contributed by atoms with E-state index >= 15 is 0 Å². The SMILES string of the molecule is CC=C(C=N)C(C)=N. The van der Waals surface area contributed by atoms with Gasteiger partial charge in [-0.15, -0.1) is 0 Å². The molecular formula is C6H10N2.